The van der Waals surface area contributed by atoms with E-state index in [0.717, 1.165) is 26.1 Å². The van der Waals surface area contributed by atoms with Crippen LogP contribution >= 0.6 is 0 Å². The van der Waals surface area contributed by atoms with Gasteiger partial charge in [-0.25, -0.2) is 0 Å². The Kier molecular flexibility index (Phi) is 4.65. The van der Waals surface area contributed by atoms with E-state index >= 15 is 0 Å². The van der Waals surface area contributed by atoms with Crippen LogP contribution in [0.15, 0.2) is 6.20 Å². The summed E-state index contributed by atoms with van der Waals surface area (Å²) >= 11 is 0. The van der Waals surface area contributed by atoms with E-state index in [-0.39, 0.29) is 5.60 Å². The second-order valence-corrected chi connectivity index (χ2v) is 6.74. The summed E-state index contributed by atoms with van der Waals surface area (Å²) in [5.74, 6) is 0. The molecule has 0 aliphatic carbocycles. The van der Waals surface area contributed by atoms with Gasteiger partial charge in [0.2, 0.25) is 0 Å². The molecule has 2 saturated heterocycles. The van der Waals surface area contributed by atoms with Crippen molar-refractivity contribution in [2.45, 2.75) is 71.1 Å². The monoisotopic (exact) mass is 291 g/mol. The number of hydrogen-bond acceptors (Lipinski definition) is 3. The van der Waals surface area contributed by atoms with Gasteiger partial charge in [0.05, 0.1) is 11.8 Å². The topological polar surface area (TPSA) is 30.3 Å². The van der Waals surface area contributed by atoms with Crippen LogP contribution in [0.4, 0.5) is 0 Å². The summed E-state index contributed by atoms with van der Waals surface area (Å²) in [5.41, 5.74) is 2.95. The molecule has 4 nitrogen and oxygen atoms in total. The van der Waals surface area contributed by atoms with Crippen LogP contribution in [0.3, 0.4) is 0 Å². The predicted octanol–water partition coefficient (Wildman–Crippen LogP) is 3.14. The van der Waals surface area contributed by atoms with E-state index in [1.807, 2.05) is 0 Å². The molecule has 0 bridgehead atoms. The summed E-state index contributed by atoms with van der Waals surface area (Å²) in [6, 6.07) is 0. The standard InChI is InChI=1S/C17H29N3O/c1-3-9-20-15(2)16(13-18-20)14-19-10-4-6-17(8-11-19)7-5-12-21-17/h13H,3-12,14H2,1-2H3. The number of rotatable bonds is 4. The van der Waals surface area contributed by atoms with Crippen molar-refractivity contribution in [2.24, 2.45) is 0 Å². The van der Waals surface area contributed by atoms with Gasteiger partial charge in [0, 0.05) is 37.5 Å². The first-order valence-corrected chi connectivity index (χ1v) is 8.60. The molecule has 118 valence electrons. The number of hydrogen-bond donors (Lipinski definition) is 0. The van der Waals surface area contributed by atoms with E-state index in [0.29, 0.717) is 0 Å². The highest BCUT2D eigenvalue weighted by Crippen LogP contribution is 2.35. The first kappa shape index (κ1) is 15.0. The van der Waals surface area contributed by atoms with Gasteiger partial charge in [0.25, 0.3) is 0 Å². The summed E-state index contributed by atoms with van der Waals surface area (Å²) in [4.78, 5) is 2.59. The van der Waals surface area contributed by atoms with E-state index < -0.39 is 0 Å². The summed E-state index contributed by atoms with van der Waals surface area (Å²) in [5, 5.41) is 4.53. The van der Waals surface area contributed by atoms with Gasteiger partial charge in [-0.1, -0.05) is 6.92 Å². The lowest BCUT2D eigenvalue weighted by Gasteiger charge is -2.27. The Balaban J connectivity index is 1.60. The molecule has 2 fully saturated rings. The molecule has 1 aromatic rings. The second kappa shape index (κ2) is 6.49. The molecule has 1 aromatic heterocycles. The van der Waals surface area contributed by atoms with E-state index in [1.165, 1.54) is 56.5 Å². The zero-order valence-corrected chi connectivity index (χ0v) is 13.6. The fourth-order valence-electron chi connectivity index (χ4n) is 3.85. The van der Waals surface area contributed by atoms with Gasteiger partial charge in [-0.2, -0.15) is 5.10 Å². The Labute approximate surface area is 128 Å². The summed E-state index contributed by atoms with van der Waals surface area (Å²) < 4.78 is 8.22. The maximum atomic E-state index is 6.08. The third-order valence-corrected chi connectivity index (χ3v) is 5.21. The fraction of sp³-hybridized carbons (Fsp3) is 0.824. The lowest BCUT2D eigenvalue weighted by atomic mass is 9.92. The average Bonchev–Trinajstić information content (AvgIpc) is 3.00. The lowest BCUT2D eigenvalue weighted by molar-refractivity contribution is -0.00737. The van der Waals surface area contributed by atoms with Gasteiger partial charge in [-0.15, -0.1) is 0 Å². The molecule has 1 spiro atoms. The van der Waals surface area contributed by atoms with Gasteiger partial charge in [-0.05, 0) is 52.0 Å². The molecule has 0 N–H and O–H groups in total. The zero-order valence-electron chi connectivity index (χ0n) is 13.6. The van der Waals surface area contributed by atoms with Crippen molar-refractivity contribution in [1.82, 2.24) is 14.7 Å². The second-order valence-electron chi connectivity index (χ2n) is 6.74. The fourth-order valence-corrected chi connectivity index (χ4v) is 3.85. The van der Waals surface area contributed by atoms with Crippen molar-refractivity contribution in [1.29, 1.82) is 0 Å². The molecule has 0 aromatic carbocycles. The van der Waals surface area contributed by atoms with Crippen LogP contribution in [0.25, 0.3) is 0 Å². The molecular weight excluding hydrogens is 262 g/mol. The van der Waals surface area contributed by atoms with Crippen LogP contribution in [0, 0.1) is 6.92 Å². The number of aryl methyl sites for hydroxylation is 1. The minimum atomic E-state index is 0.218. The van der Waals surface area contributed by atoms with Crippen molar-refractivity contribution in [2.75, 3.05) is 19.7 Å². The quantitative estimate of drug-likeness (QED) is 0.854. The van der Waals surface area contributed by atoms with Crippen molar-refractivity contribution < 1.29 is 4.74 Å². The molecule has 0 radical (unpaired) electrons. The highest BCUT2D eigenvalue weighted by atomic mass is 16.5. The summed E-state index contributed by atoms with van der Waals surface area (Å²) in [7, 11) is 0. The lowest BCUT2D eigenvalue weighted by Crippen LogP contribution is -2.30. The number of ether oxygens (including phenoxy) is 1. The first-order valence-electron chi connectivity index (χ1n) is 8.60. The molecular formula is C17H29N3O. The SMILES string of the molecule is CCCn1ncc(CN2CCCC3(CCCO3)CC2)c1C. The third kappa shape index (κ3) is 3.32. The molecule has 0 saturated carbocycles. The number of aromatic nitrogens is 2. The van der Waals surface area contributed by atoms with E-state index in [9.17, 15) is 0 Å². The average molecular weight is 291 g/mol. The highest BCUT2D eigenvalue weighted by Gasteiger charge is 2.36. The van der Waals surface area contributed by atoms with Crippen LogP contribution in [0.2, 0.25) is 0 Å². The number of nitrogens with zero attached hydrogens (tertiary/aromatic N) is 3. The van der Waals surface area contributed by atoms with Crippen LogP contribution in [0.5, 0.6) is 0 Å². The maximum absolute atomic E-state index is 6.08. The maximum Gasteiger partial charge on any atom is 0.0696 e. The Morgan fingerprint density at radius 3 is 2.86 bits per heavy atom. The predicted molar refractivity (Wildman–Crippen MR) is 84.3 cm³/mol. The number of likely N-dealkylation sites (tertiary alicyclic amines) is 1. The Bertz CT molecular complexity index is 463. The summed E-state index contributed by atoms with van der Waals surface area (Å²) in [6.07, 6.45) is 9.45. The van der Waals surface area contributed by atoms with Crippen LogP contribution in [-0.4, -0.2) is 40.0 Å². The normalized spacial score (nSPS) is 27.3. The van der Waals surface area contributed by atoms with Gasteiger partial charge in [0.1, 0.15) is 0 Å². The zero-order chi connectivity index (χ0) is 14.7. The first-order chi connectivity index (χ1) is 10.2. The highest BCUT2D eigenvalue weighted by molar-refractivity contribution is 5.16. The smallest absolute Gasteiger partial charge is 0.0696 e. The molecule has 0 amide bonds. The molecule has 3 rings (SSSR count). The molecule has 1 atom stereocenters. The van der Waals surface area contributed by atoms with Crippen molar-refractivity contribution in [3.63, 3.8) is 0 Å². The van der Waals surface area contributed by atoms with Gasteiger partial charge >= 0.3 is 0 Å². The third-order valence-electron chi connectivity index (χ3n) is 5.21. The minimum absolute atomic E-state index is 0.218. The minimum Gasteiger partial charge on any atom is -0.375 e. The molecule has 2 aliphatic rings. The molecule has 3 heterocycles. The Morgan fingerprint density at radius 1 is 1.24 bits per heavy atom. The van der Waals surface area contributed by atoms with E-state index in [2.05, 4.69) is 34.7 Å². The largest absolute Gasteiger partial charge is 0.375 e. The van der Waals surface area contributed by atoms with E-state index in [4.69, 9.17) is 4.74 Å². The van der Waals surface area contributed by atoms with Crippen LogP contribution < -0.4 is 0 Å². The molecule has 2 aliphatic heterocycles. The molecule has 21 heavy (non-hydrogen) atoms. The van der Waals surface area contributed by atoms with E-state index in [1.54, 1.807) is 0 Å². The van der Waals surface area contributed by atoms with Gasteiger partial charge in [0.15, 0.2) is 0 Å². The van der Waals surface area contributed by atoms with Gasteiger partial charge < -0.3 is 4.74 Å². The van der Waals surface area contributed by atoms with Gasteiger partial charge in [-0.3, -0.25) is 9.58 Å². The van der Waals surface area contributed by atoms with Crippen LogP contribution in [-0.2, 0) is 17.8 Å². The van der Waals surface area contributed by atoms with Crippen molar-refractivity contribution >= 4 is 0 Å². The molecule has 4 heteroatoms. The summed E-state index contributed by atoms with van der Waals surface area (Å²) in [6.45, 7) is 9.83. The van der Waals surface area contributed by atoms with Crippen molar-refractivity contribution in [3.05, 3.63) is 17.5 Å². The van der Waals surface area contributed by atoms with Crippen molar-refractivity contribution in [3.8, 4) is 0 Å². The Hall–Kier alpha value is -0.870. The Morgan fingerprint density at radius 2 is 2.10 bits per heavy atom. The molecule has 1 unspecified atom stereocenters. The van der Waals surface area contributed by atoms with Crippen LogP contribution in [0.1, 0.15) is 56.7 Å².